The molecule has 0 aliphatic rings. The van der Waals surface area contributed by atoms with Crippen molar-refractivity contribution >= 4 is 26.9 Å². The Kier molecular flexibility index (Phi) is 4.89. The van der Waals surface area contributed by atoms with Crippen LogP contribution in [0.1, 0.15) is 9.88 Å². The first-order valence-electron chi connectivity index (χ1n) is 6.17. The number of nitrogens with zero attached hydrogens (tertiary/aromatic N) is 1. The Bertz CT molecular complexity index is 697. The summed E-state index contributed by atoms with van der Waals surface area (Å²) in [6.07, 6.45) is 2.56. The molecule has 1 heterocycles. The number of aryl methyl sites for hydroxylation is 1. The van der Waals surface area contributed by atoms with E-state index in [-0.39, 0.29) is 4.90 Å². The molecule has 0 saturated heterocycles. The fourth-order valence-corrected chi connectivity index (χ4v) is 3.20. The number of sulfone groups is 1. The third kappa shape index (κ3) is 3.98. The normalized spacial score (nSPS) is 11.8. The van der Waals surface area contributed by atoms with Crippen molar-refractivity contribution in [3.8, 4) is 0 Å². The van der Waals surface area contributed by atoms with Gasteiger partial charge in [0.15, 0.2) is 0 Å². The maximum Gasteiger partial charge on any atom is 0.341 e. The van der Waals surface area contributed by atoms with Gasteiger partial charge in [0.25, 0.3) is 0 Å². The summed E-state index contributed by atoms with van der Waals surface area (Å²) in [5, 5.41) is 4.11. The van der Waals surface area contributed by atoms with E-state index < -0.39 is 15.6 Å². The molecule has 1 N–H and O–H groups in total. The number of rotatable bonds is 6. The predicted molar refractivity (Wildman–Crippen MR) is 78.7 cm³/mol. The second-order valence-electron chi connectivity index (χ2n) is 4.37. The van der Waals surface area contributed by atoms with E-state index in [9.17, 15) is 17.2 Å². The van der Waals surface area contributed by atoms with Crippen LogP contribution in [0.15, 0.2) is 35.4 Å². The zero-order valence-electron chi connectivity index (χ0n) is 11.2. The highest BCUT2D eigenvalue weighted by Gasteiger charge is 2.26. The first-order valence-corrected chi connectivity index (χ1v) is 8.53. The lowest BCUT2D eigenvalue weighted by Crippen LogP contribution is -2.11. The van der Waals surface area contributed by atoms with Gasteiger partial charge in [0.2, 0.25) is 9.84 Å². The molecular weight excluding hydrogens is 318 g/mol. The summed E-state index contributed by atoms with van der Waals surface area (Å²) in [5.41, 5.74) is 0.677. The van der Waals surface area contributed by atoms with Crippen molar-refractivity contribution in [2.24, 2.45) is 0 Å². The second-order valence-corrected chi connectivity index (χ2v) is 7.61. The fourth-order valence-electron chi connectivity index (χ4n) is 1.70. The first-order chi connectivity index (χ1) is 9.89. The predicted octanol–water partition coefficient (Wildman–Crippen LogP) is 3.10. The van der Waals surface area contributed by atoms with Gasteiger partial charge in [0, 0.05) is 29.7 Å². The molecule has 2 rings (SSSR count). The summed E-state index contributed by atoms with van der Waals surface area (Å²) in [6.45, 7) is 2.62. The van der Waals surface area contributed by atoms with Crippen LogP contribution in [0, 0.1) is 6.92 Å². The number of anilines is 1. The van der Waals surface area contributed by atoms with Crippen molar-refractivity contribution in [3.63, 3.8) is 0 Å². The lowest BCUT2D eigenvalue weighted by atomic mass is 10.3. The molecule has 4 nitrogen and oxygen atoms in total. The summed E-state index contributed by atoms with van der Waals surface area (Å²) in [4.78, 5) is 5.00. The fraction of sp³-hybridized carbons (Fsp3) is 0.308. The molecule has 114 valence electrons. The van der Waals surface area contributed by atoms with E-state index in [2.05, 4.69) is 10.3 Å². The summed E-state index contributed by atoms with van der Waals surface area (Å²) >= 11 is 1.62. The average molecular weight is 332 g/mol. The molecule has 2 aromatic rings. The van der Waals surface area contributed by atoms with E-state index in [0.717, 1.165) is 16.3 Å². The molecule has 0 saturated carbocycles. The number of halogens is 2. The van der Waals surface area contributed by atoms with E-state index in [1.54, 1.807) is 11.3 Å². The summed E-state index contributed by atoms with van der Waals surface area (Å²) < 4.78 is 47.3. The Morgan fingerprint density at radius 2 is 1.95 bits per heavy atom. The highest BCUT2D eigenvalue weighted by Crippen LogP contribution is 2.20. The summed E-state index contributed by atoms with van der Waals surface area (Å²) in [5.74, 6) is -3.40. The van der Waals surface area contributed by atoms with Gasteiger partial charge in [-0.05, 0) is 31.2 Å². The Labute approximate surface area is 125 Å². The molecule has 0 fully saturated rings. The highest BCUT2D eigenvalue weighted by atomic mass is 32.2. The standard InChI is InChI=1S/C13H14F2N2O2S2/c1-9-8-17-12(20-9)6-7-16-10-2-4-11(5-3-10)21(18,19)13(14)15/h2-5,8,13,16H,6-7H2,1H3. The van der Waals surface area contributed by atoms with Crippen LogP contribution in [0.25, 0.3) is 0 Å². The Morgan fingerprint density at radius 1 is 1.29 bits per heavy atom. The Hall–Kier alpha value is -1.54. The van der Waals surface area contributed by atoms with Crippen LogP contribution < -0.4 is 5.32 Å². The van der Waals surface area contributed by atoms with E-state index in [1.807, 2.05) is 13.1 Å². The van der Waals surface area contributed by atoms with E-state index >= 15 is 0 Å². The van der Waals surface area contributed by atoms with Crippen LogP contribution >= 0.6 is 11.3 Å². The minimum Gasteiger partial charge on any atom is -0.385 e. The topological polar surface area (TPSA) is 59.1 Å². The number of aromatic nitrogens is 1. The number of thiazole rings is 1. The van der Waals surface area contributed by atoms with Crippen molar-refractivity contribution in [1.82, 2.24) is 4.98 Å². The molecule has 0 aliphatic carbocycles. The van der Waals surface area contributed by atoms with Gasteiger partial charge in [-0.3, -0.25) is 0 Å². The number of nitrogens with one attached hydrogen (secondary N) is 1. The molecule has 0 unspecified atom stereocenters. The highest BCUT2D eigenvalue weighted by molar-refractivity contribution is 7.91. The van der Waals surface area contributed by atoms with Crippen molar-refractivity contribution in [1.29, 1.82) is 0 Å². The van der Waals surface area contributed by atoms with Crippen LogP contribution in [0.5, 0.6) is 0 Å². The summed E-state index contributed by atoms with van der Waals surface area (Å²) in [7, 11) is -4.52. The van der Waals surface area contributed by atoms with Gasteiger partial charge >= 0.3 is 5.76 Å². The lowest BCUT2D eigenvalue weighted by molar-refractivity contribution is 0.234. The van der Waals surface area contributed by atoms with Gasteiger partial charge < -0.3 is 5.32 Å². The van der Waals surface area contributed by atoms with Crippen molar-refractivity contribution in [2.75, 3.05) is 11.9 Å². The van der Waals surface area contributed by atoms with Gasteiger partial charge in [-0.2, -0.15) is 8.78 Å². The Balaban J connectivity index is 1.94. The van der Waals surface area contributed by atoms with Crippen molar-refractivity contribution in [3.05, 3.63) is 40.3 Å². The lowest BCUT2D eigenvalue weighted by Gasteiger charge is -2.07. The van der Waals surface area contributed by atoms with Crippen LogP contribution in [-0.2, 0) is 16.3 Å². The van der Waals surface area contributed by atoms with Crippen molar-refractivity contribution in [2.45, 2.75) is 24.0 Å². The van der Waals surface area contributed by atoms with Crippen LogP contribution in [0.4, 0.5) is 14.5 Å². The molecule has 0 spiro atoms. The molecule has 1 aromatic heterocycles. The van der Waals surface area contributed by atoms with Gasteiger partial charge in [0.05, 0.1) is 9.90 Å². The molecule has 1 aromatic carbocycles. The molecule has 0 radical (unpaired) electrons. The van der Waals surface area contributed by atoms with Crippen LogP contribution in [0.2, 0.25) is 0 Å². The smallest absolute Gasteiger partial charge is 0.341 e. The zero-order chi connectivity index (χ0) is 15.5. The number of benzene rings is 1. The van der Waals surface area contributed by atoms with Crippen molar-refractivity contribution < 1.29 is 17.2 Å². The third-order valence-electron chi connectivity index (χ3n) is 2.75. The second kappa shape index (κ2) is 6.48. The minimum absolute atomic E-state index is 0.376. The number of alkyl halides is 2. The number of hydrogen-bond acceptors (Lipinski definition) is 5. The minimum atomic E-state index is -4.52. The monoisotopic (exact) mass is 332 g/mol. The third-order valence-corrected chi connectivity index (χ3v) is 5.13. The maximum absolute atomic E-state index is 12.4. The molecular formula is C13H14F2N2O2S2. The van der Waals surface area contributed by atoms with Gasteiger partial charge in [0.1, 0.15) is 0 Å². The molecule has 0 amide bonds. The van der Waals surface area contributed by atoms with Crippen LogP contribution in [0.3, 0.4) is 0 Å². The average Bonchev–Trinajstić information content (AvgIpc) is 2.85. The van der Waals surface area contributed by atoms with E-state index in [4.69, 9.17) is 0 Å². The van der Waals surface area contributed by atoms with Gasteiger partial charge in [-0.15, -0.1) is 11.3 Å². The quantitative estimate of drug-likeness (QED) is 0.883. The van der Waals surface area contributed by atoms with E-state index in [0.29, 0.717) is 12.2 Å². The Morgan fingerprint density at radius 3 is 2.48 bits per heavy atom. The maximum atomic E-state index is 12.4. The largest absolute Gasteiger partial charge is 0.385 e. The van der Waals surface area contributed by atoms with E-state index in [1.165, 1.54) is 24.3 Å². The molecule has 8 heteroatoms. The number of hydrogen-bond donors (Lipinski definition) is 1. The molecule has 0 aliphatic heterocycles. The zero-order valence-corrected chi connectivity index (χ0v) is 12.8. The molecule has 0 atom stereocenters. The SMILES string of the molecule is Cc1cnc(CCNc2ccc(S(=O)(=O)C(F)F)cc2)s1. The first kappa shape index (κ1) is 15.8. The molecule has 0 bridgehead atoms. The van der Waals surface area contributed by atoms with Crippen LogP contribution in [-0.4, -0.2) is 25.7 Å². The molecule has 21 heavy (non-hydrogen) atoms. The summed E-state index contributed by atoms with van der Waals surface area (Å²) in [6, 6.07) is 5.31. The van der Waals surface area contributed by atoms with Gasteiger partial charge in [-0.25, -0.2) is 13.4 Å². The van der Waals surface area contributed by atoms with Gasteiger partial charge in [-0.1, -0.05) is 0 Å².